The molecule has 0 aromatic heterocycles. The van der Waals surface area contributed by atoms with Crippen molar-refractivity contribution >= 4 is 17.6 Å². The molecule has 3 nitrogen and oxygen atoms in total. The van der Waals surface area contributed by atoms with Crippen molar-refractivity contribution in [2.45, 2.75) is 26.7 Å². The molecule has 4 heteroatoms. The minimum Gasteiger partial charge on any atom is -0.481 e. The number of carbonyl (C=O) groups is 1. The number of hydrogen-bond acceptors (Lipinski definition) is 2. The Morgan fingerprint density at radius 1 is 1.37 bits per heavy atom. The summed E-state index contributed by atoms with van der Waals surface area (Å²) in [5.41, 5.74) is 0.875. The second-order valence-corrected chi connectivity index (χ2v) is 5.50. The fraction of sp³-hybridized carbons (Fsp3) is 0.533. The highest BCUT2D eigenvalue weighted by Crippen LogP contribution is 2.20. The van der Waals surface area contributed by atoms with Crippen molar-refractivity contribution in [1.29, 1.82) is 0 Å². The van der Waals surface area contributed by atoms with Crippen molar-refractivity contribution in [3.05, 3.63) is 34.9 Å². The molecule has 0 heterocycles. The lowest BCUT2D eigenvalue weighted by molar-refractivity contribution is -0.142. The van der Waals surface area contributed by atoms with E-state index in [0.717, 1.165) is 5.56 Å². The molecule has 19 heavy (non-hydrogen) atoms. The third kappa shape index (κ3) is 6.08. The molecule has 0 spiro atoms. The number of carboxylic acid groups (broad SMARTS) is 1. The SMILES string of the molecule is CC(C)COCCC(Cc1ccccc1Cl)C(=O)O. The van der Waals surface area contributed by atoms with Crippen molar-refractivity contribution < 1.29 is 14.6 Å². The molecule has 0 aliphatic heterocycles. The molecule has 0 saturated heterocycles. The molecule has 0 saturated carbocycles. The van der Waals surface area contributed by atoms with Crippen molar-refractivity contribution in [2.24, 2.45) is 11.8 Å². The van der Waals surface area contributed by atoms with Gasteiger partial charge in [-0.2, -0.15) is 0 Å². The molecule has 1 rings (SSSR count). The molecule has 0 aliphatic carbocycles. The van der Waals surface area contributed by atoms with Crippen molar-refractivity contribution in [1.82, 2.24) is 0 Å². The summed E-state index contributed by atoms with van der Waals surface area (Å²) >= 11 is 6.05. The Labute approximate surface area is 119 Å². The van der Waals surface area contributed by atoms with Gasteiger partial charge in [-0.05, 0) is 30.4 Å². The standard InChI is InChI=1S/C15H21ClO3/c1-11(2)10-19-8-7-13(15(17)18)9-12-5-3-4-6-14(12)16/h3-6,11,13H,7-10H2,1-2H3,(H,17,18). The molecule has 0 amide bonds. The number of hydrogen-bond donors (Lipinski definition) is 1. The van der Waals surface area contributed by atoms with E-state index in [2.05, 4.69) is 13.8 Å². The van der Waals surface area contributed by atoms with Gasteiger partial charge in [0.2, 0.25) is 0 Å². The Morgan fingerprint density at radius 3 is 2.63 bits per heavy atom. The van der Waals surface area contributed by atoms with Gasteiger partial charge in [-0.15, -0.1) is 0 Å². The normalized spacial score (nSPS) is 12.6. The minimum atomic E-state index is -0.798. The van der Waals surface area contributed by atoms with E-state index in [9.17, 15) is 9.90 Å². The van der Waals surface area contributed by atoms with Crippen LogP contribution in [0.5, 0.6) is 0 Å². The highest BCUT2D eigenvalue weighted by atomic mass is 35.5. The highest BCUT2D eigenvalue weighted by Gasteiger charge is 2.19. The minimum absolute atomic E-state index is 0.444. The topological polar surface area (TPSA) is 46.5 Å². The first kappa shape index (κ1) is 16.0. The molecule has 0 fully saturated rings. The van der Waals surface area contributed by atoms with Crippen LogP contribution in [0.4, 0.5) is 0 Å². The van der Waals surface area contributed by atoms with E-state index >= 15 is 0 Å². The number of aliphatic carboxylic acids is 1. The van der Waals surface area contributed by atoms with Crippen molar-refractivity contribution in [3.8, 4) is 0 Å². The third-order valence-corrected chi connectivity index (χ3v) is 3.20. The molecular formula is C15H21ClO3. The van der Waals surface area contributed by atoms with Gasteiger partial charge in [0, 0.05) is 18.2 Å². The Bertz CT molecular complexity index is 404. The fourth-order valence-electron chi connectivity index (χ4n) is 1.79. The third-order valence-electron chi connectivity index (χ3n) is 2.84. The maximum absolute atomic E-state index is 11.2. The fourth-order valence-corrected chi connectivity index (χ4v) is 2.00. The Kier molecular flexibility index (Phi) is 6.89. The van der Waals surface area contributed by atoms with Crippen molar-refractivity contribution in [2.75, 3.05) is 13.2 Å². The van der Waals surface area contributed by atoms with Crippen LogP contribution in [0.25, 0.3) is 0 Å². The first-order valence-corrected chi connectivity index (χ1v) is 6.92. The van der Waals surface area contributed by atoms with Crippen LogP contribution in [0.3, 0.4) is 0 Å². The average molecular weight is 285 g/mol. The Morgan fingerprint density at radius 2 is 2.05 bits per heavy atom. The maximum atomic E-state index is 11.2. The van der Waals surface area contributed by atoms with Gasteiger partial charge in [0.1, 0.15) is 0 Å². The summed E-state index contributed by atoms with van der Waals surface area (Å²) in [5, 5.41) is 9.86. The van der Waals surface area contributed by atoms with Crippen LogP contribution in [-0.4, -0.2) is 24.3 Å². The van der Waals surface area contributed by atoms with E-state index in [1.807, 2.05) is 18.2 Å². The lowest BCUT2D eigenvalue weighted by atomic mass is 9.96. The first-order chi connectivity index (χ1) is 9.00. The second kappa shape index (κ2) is 8.18. The van der Waals surface area contributed by atoms with Crippen LogP contribution < -0.4 is 0 Å². The molecule has 1 aromatic rings. The first-order valence-electron chi connectivity index (χ1n) is 6.54. The highest BCUT2D eigenvalue weighted by molar-refractivity contribution is 6.31. The molecule has 106 valence electrons. The quantitative estimate of drug-likeness (QED) is 0.741. The number of ether oxygens (including phenoxy) is 1. The zero-order valence-corrected chi connectivity index (χ0v) is 12.2. The summed E-state index contributed by atoms with van der Waals surface area (Å²) in [5.74, 6) is -0.785. The number of carboxylic acids is 1. The Hall–Kier alpha value is -1.06. The van der Waals surface area contributed by atoms with E-state index in [1.165, 1.54) is 0 Å². The summed E-state index contributed by atoms with van der Waals surface area (Å²) in [7, 11) is 0. The zero-order chi connectivity index (χ0) is 14.3. The second-order valence-electron chi connectivity index (χ2n) is 5.09. The van der Waals surface area contributed by atoms with Gasteiger partial charge in [-0.1, -0.05) is 43.6 Å². The van der Waals surface area contributed by atoms with E-state index in [0.29, 0.717) is 37.0 Å². The molecule has 0 aliphatic rings. The molecule has 1 aromatic carbocycles. The van der Waals surface area contributed by atoms with Gasteiger partial charge in [0.25, 0.3) is 0 Å². The van der Waals surface area contributed by atoms with E-state index in [4.69, 9.17) is 16.3 Å². The monoisotopic (exact) mass is 284 g/mol. The van der Waals surface area contributed by atoms with Crippen LogP contribution in [0.15, 0.2) is 24.3 Å². The van der Waals surface area contributed by atoms with Gasteiger partial charge < -0.3 is 9.84 Å². The van der Waals surface area contributed by atoms with Crippen LogP contribution in [0, 0.1) is 11.8 Å². The van der Waals surface area contributed by atoms with Gasteiger partial charge in [0.15, 0.2) is 0 Å². The molecule has 0 bridgehead atoms. The summed E-state index contributed by atoms with van der Waals surface area (Å²) in [4.78, 5) is 11.2. The molecular weight excluding hydrogens is 264 g/mol. The summed E-state index contributed by atoms with van der Waals surface area (Å²) in [6, 6.07) is 7.36. The van der Waals surface area contributed by atoms with E-state index < -0.39 is 11.9 Å². The van der Waals surface area contributed by atoms with Crippen LogP contribution in [0.2, 0.25) is 5.02 Å². The smallest absolute Gasteiger partial charge is 0.306 e. The molecule has 1 atom stereocenters. The van der Waals surface area contributed by atoms with Gasteiger partial charge in [-0.3, -0.25) is 4.79 Å². The largest absolute Gasteiger partial charge is 0.481 e. The molecule has 1 unspecified atom stereocenters. The predicted octanol–water partition coefficient (Wildman–Crippen LogP) is 3.65. The van der Waals surface area contributed by atoms with E-state index in [1.54, 1.807) is 6.07 Å². The number of halogens is 1. The number of benzene rings is 1. The summed E-state index contributed by atoms with van der Waals surface area (Å²) < 4.78 is 5.45. The average Bonchev–Trinajstić information content (AvgIpc) is 2.34. The lowest BCUT2D eigenvalue weighted by Crippen LogP contribution is -2.19. The Balaban J connectivity index is 2.49. The van der Waals surface area contributed by atoms with Crippen LogP contribution in [-0.2, 0) is 16.0 Å². The van der Waals surface area contributed by atoms with Crippen molar-refractivity contribution in [3.63, 3.8) is 0 Å². The molecule has 0 radical (unpaired) electrons. The summed E-state index contributed by atoms with van der Waals surface area (Å²) in [6.45, 7) is 5.27. The maximum Gasteiger partial charge on any atom is 0.306 e. The van der Waals surface area contributed by atoms with Crippen LogP contribution >= 0.6 is 11.6 Å². The van der Waals surface area contributed by atoms with E-state index in [-0.39, 0.29) is 0 Å². The lowest BCUT2D eigenvalue weighted by Gasteiger charge is -2.14. The van der Waals surface area contributed by atoms with Gasteiger partial charge >= 0.3 is 5.97 Å². The zero-order valence-electron chi connectivity index (χ0n) is 11.4. The van der Waals surface area contributed by atoms with Gasteiger partial charge in [0.05, 0.1) is 5.92 Å². The predicted molar refractivity (Wildman–Crippen MR) is 76.6 cm³/mol. The molecule has 1 N–H and O–H groups in total. The summed E-state index contributed by atoms with van der Waals surface area (Å²) in [6.07, 6.45) is 0.952. The van der Waals surface area contributed by atoms with Gasteiger partial charge in [-0.25, -0.2) is 0 Å². The number of rotatable bonds is 8. The van der Waals surface area contributed by atoms with Crippen LogP contribution in [0.1, 0.15) is 25.8 Å².